The van der Waals surface area contributed by atoms with E-state index in [0.717, 1.165) is 17.2 Å². The molecule has 6 heteroatoms. The first kappa shape index (κ1) is 14.0. The largest absolute Gasteiger partial charge is 0.505 e. The molecule has 0 fully saturated rings. The minimum atomic E-state index is -0.899. The Hall–Kier alpha value is -2.99. The Labute approximate surface area is 125 Å². The van der Waals surface area contributed by atoms with Crippen molar-refractivity contribution in [2.75, 3.05) is 0 Å². The lowest BCUT2D eigenvalue weighted by Crippen LogP contribution is -2.22. The van der Waals surface area contributed by atoms with E-state index in [1.807, 2.05) is 24.3 Å². The number of phenols is 1. The van der Waals surface area contributed by atoms with Gasteiger partial charge < -0.3 is 10.2 Å². The maximum atomic E-state index is 10.7. The number of aliphatic hydroxyl groups is 1. The Morgan fingerprint density at radius 1 is 1.18 bits per heavy atom. The maximum Gasteiger partial charge on any atom is 0.273 e. The normalized spacial score (nSPS) is 18.2. The van der Waals surface area contributed by atoms with Crippen LogP contribution in [0.3, 0.4) is 0 Å². The Kier molecular flexibility index (Phi) is 3.44. The van der Waals surface area contributed by atoms with Crippen LogP contribution >= 0.6 is 0 Å². The molecule has 2 N–H and O–H groups in total. The van der Waals surface area contributed by atoms with Crippen molar-refractivity contribution in [3.63, 3.8) is 0 Å². The summed E-state index contributed by atoms with van der Waals surface area (Å²) in [7, 11) is 0. The van der Waals surface area contributed by atoms with Crippen molar-refractivity contribution >= 4 is 23.2 Å². The lowest BCUT2D eigenvalue weighted by molar-refractivity contribution is -0.384. The van der Waals surface area contributed by atoms with Crippen molar-refractivity contribution in [2.24, 2.45) is 4.99 Å². The maximum absolute atomic E-state index is 10.7. The number of nitrogens with zero attached hydrogens (tertiary/aromatic N) is 2. The predicted molar refractivity (Wildman–Crippen MR) is 82.4 cm³/mol. The number of aliphatic hydroxyl groups excluding tert-OH is 1. The molecule has 0 aromatic heterocycles. The highest BCUT2D eigenvalue weighted by Crippen LogP contribution is 2.32. The first-order valence-electron chi connectivity index (χ1n) is 6.58. The zero-order valence-electron chi connectivity index (χ0n) is 11.4. The summed E-state index contributed by atoms with van der Waals surface area (Å²) in [5, 5.41) is 30.7. The summed E-state index contributed by atoms with van der Waals surface area (Å²) in [4.78, 5) is 14.4. The average Bonchev–Trinajstić information content (AvgIpc) is 2.51. The van der Waals surface area contributed by atoms with Gasteiger partial charge in [-0.25, -0.2) is 4.99 Å². The Balaban J connectivity index is 2.08. The van der Waals surface area contributed by atoms with Crippen LogP contribution in [0.5, 0.6) is 5.75 Å². The van der Waals surface area contributed by atoms with Gasteiger partial charge >= 0.3 is 0 Å². The van der Waals surface area contributed by atoms with Crippen LogP contribution in [0.4, 0.5) is 11.4 Å². The van der Waals surface area contributed by atoms with E-state index >= 15 is 0 Å². The molecular formula is C16H12N2O4. The highest BCUT2D eigenvalue weighted by molar-refractivity contribution is 6.10. The molecule has 1 aliphatic carbocycles. The average molecular weight is 296 g/mol. The molecule has 3 rings (SSSR count). The molecular weight excluding hydrogens is 284 g/mol. The topological polar surface area (TPSA) is 96.0 Å². The molecule has 2 aromatic rings. The van der Waals surface area contributed by atoms with Gasteiger partial charge in [0.1, 0.15) is 17.5 Å². The standard InChI is InChI=1S/C16H12N2O4/c19-14-8-5-10-3-1-2-4-12(10)16(14)17-13-7-6-11(18(21)22)9-15(13)20/h1-9,14,19-20H. The molecule has 1 unspecified atom stereocenters. The molecule has 0 amide bonds. The Morgan fingerprint density at radius 2 is 1.95 bits per heavy atom. The molecule has 2 aromatic carbocycles. The summed E-state index contributed by atoms with van der Waals surface area (Å²) in [5.74, 6) is -0.305. The number of benzene rings is 2. The summed E-state index contributed by atoms with van der Waals surface area (Å²) >= 11 is 0. The molecule has 0 aliphatic heterocycles. The van der Waals surface area contributed by atoms with Crippen molar-refractivity contribution < 1.29 is 15.1 Å². The van der Waals surface area contributed by atoms with Crippen LogP contribution in [-0.4, -0.2) is 27.0 Å². The molecule has 0 saturated carbocycles. The van der Waals surface area contributed by atoms with Crippen LogP contribution in [0.25, 0.3) is 6.08 Å². The number of hydrogen-bond donors (Lipinski definition) is 2. The number of aromatic hydroxyl groups is 1. The fourth-order valence-electron chi connectivity index (χ4n) is 2.30. The van der Waals surface area contributed by atoms with Crippen molar-refractivity contribution in [3.8, 4) is 5.75 Å². The summed E-state index contributed by atoms with van der Waals surface area (Å²) < 4.78 is 0. The van der Waals surface area contributed by atoms with E-state index in [1.165, 1.54) is 12.1 Å². The van der Waals surface area contributed by atoms with Crippen molar-refractivity contribution in [1.82, 2.24) is 0 Å². The quantitative estimate of drug-likeness (QED) is 0.658. The van der Waals surface area contributed by atoms with Gasteiger partial charge in [0.05, 0.1) is 16.7 Å². The number of nitro groups is 1. The SMILES string of the molecule is O=[N+]([O-])c1ccc(N=C2c3ccccc3C=CC2O)c(O)c1. The number of aliphatic imine (C=N–C) groups is 1. The van der Waals surface area contributed by atoms with Gasteiger partial charge in [-0.15, -0.1) is 0 Å². The molecule has 0 bridgehead atoms. The molecule has 0 radical (unpaired) electrons. The molecule has 0 spiro atoms. The summed E-state index contributed by atoms with van der Waals surface area (Å²) in [6.45, 7) is 0. The predicted octanol–water partition coefficient (Wildman–Crippen LogP) is 2.81. The molecule has 1 atom stereocenters. The number of phenolic OH excluding ortho intramolecular Hbond substituents is 1. The van der Waals surface area contributed by atoms with E-state index in [-0.39, 0.29) is 17.1 Å². The number of hydrogen-bond acceptors (Lipinski definition) is 5. The van der Waals surface area contributed by atoms with Crippen LogP contribution < -0.4 is 0 Å². The fraction of sp³-hybridized carbons (Fsp3) is 0.0625. The first-order chi connectivity index (χ1) is 10.6. The lowest BCUT2D eigenvalue weighted by atomic mass is 9.93. The molecule has 0 saturated heterocycles. The second kappa shape index (κ2) is 5.42. The third-order valence-corrected chi connectivity index (χ3v) is 3.39. The third-order valence-electron chi connectivity index (χ3n) is 3.39. The molecule has 22 heavy (non-hydrogen) atoms. The van der Waals surface area contributed by atoms with Gasteiger partial charge in [0.15, 0.2) is 0 Å². The molecule has 1 aliphatic rings. The zero-order valence-corrected chi connectivity index (χ0v) is 11.4. The van der Waals surface area contributed by atoms with E-state index in [1.54, 1.807) is 12.2 Å². The van der Waals surface area contributed by atoms with Crippen LogP contribution in [-0.2, 0) is 0 Å². The summed E-state index contributed by atoms with van der Waals surface area (Å²) in [5.41, 5.74) is 2.01. The van der Waals surface area contributed by atoms with E-state index in [2.05, 4.69) is 4.99 Å². The second-order valence-electron chi connectivity index (χ2n) is 4.82. The van der Waals surface area contributed by atoms with Gasteiger partial charge in [-0.3, -0.25) is 10.1 Å². The van der Waals surface area contributed by atoms with Crippen molar-refractivity contribution in [1.29, 1.82) is 0 Å². The van der Waals surface area contributed by atoms with E-state index < -0.39 is 11.0 Å². The summed E-state index contributed by atoms with van der Waals surface area (Å²) in [6.07, 6.45) is 2.50. The number of rotatable bonds is 2. The van der Waals surface area contributed by atoms with E-state index in [4.69, 9.17) is 0 Å². The minimum absolute atomic E-state index is 0.171. The molecule has 0 heterocycles. The van der Waals surface area contributed by atoms with Crippen LogP contribution in [0.1, 0.15) is 11.1 Å². The van der Waals surface area contributed by atoms with Gasteiger partial charge in [-0.05, 0) is 17.7 Å². The second-order valence-corrected chi connectivity index (χ2v) is 4.82. The van der Waals surface area contributed by atoms with Crippen LogP contribution in [0.15, 0.2) is 53.5 Å². The van der Waals surface area contributed by atoms with Gasteiger partial charge in [0.2, 0.25) is 0 Å². The smallest absolute Gasteiger partial charge is 0.273 e. The van der Waals surface area contributed by atoms with Gasteiger partial charge in [-0.1, -0.05) is 30.3 Å². The highest BCUT2D eigenvalue weighted by atomic mass is 16.6. The minimum Gasteiger partial charge on any atom is -0.505 e. The molecule has 6 nitrogen and oxygen atoms in total. The third kappa shape index (κ3) is 2.47. The van der Waals surface area contributed by atoms with Gasteiger partial charge in [-0.2, -0.15) is 0 Å². The number of non-ortho nitro benzene ring substituents is 1. The van der Waals surface area contributed by atoms with Crippen LogP contribution in [0.2, 0.25) is 0 Å². The van der Waals surface area contributed by atoms with Crippen molar-refractivity contribution in [2.45, 2.75) is 6.10 Å². The number of nitro benzene ring substituents is 1. The first-order valence-corrected chi connectivity index (χ1v) is 6.58. The monoisotopic (exact) mass is 296 g/mol. The van der Waals surface area contributed by atoms with Gasteiger partial charge in [0.25, 0.3) is 5.69 Å². The summed E-state index contributed by atoms with van der Waals surface area (Å²) in [6, 6.07) is 11.1. The number of fused-ring (bicyclic) bond motifs is 1. The zero-order chi connectivity index (χ0) is 15.7. The molecule has 110 valence electrons. The Morgan fingerprint density at radius 3 is 2.68 bits per heavy atom. The fourth-order valence-corrected chi connectivity index (χ4v) is 2.30. The lowest BCUT2D eigenvalue weighted by Gasteiger charge is -2.18. The van der Waals surface area contributed by atoms with Crippen LogP contribution in [0, 0.1) is 10.1 Å². The highest BCUT2D eigenvalue weighted by Gasteiger charge is 2.20. The van der Waals surface area contributed by atoms with Crippen molar-refractivity contribution in [3.05, 3.63) is 69.8 Å². The Bertz CT molecular complexity index is 812. The van der Waals surface area contributed by atoms with Gasteiger partial charge in [0, 0.05) is 11.6 Å². The van der Waals surface area contributed by atoms with E-state index in [0.29, 0.717) is 5.71 Å². The van der Waals surface area contributed by atoms with E-state index in [9.17, 15) is 20.3 Å².